The van der Waals surface area contributed by atoms with Crippen molar-refractivity contribution in [3.8, 4) is 5.75 Å². The number of aromatic nitrogens is 2. The van der Waals surface area contributed by atoms with Crippen molar-refractivity contribution in [3.63, 3.8) is 0 Å². The fourth-order valence-electron chi connectivity index (χ4n) is 3.64. The highest BCUT2D eigenvalue weighted by Crippen LogP contribution is 2.28. The van der Waals surface area contributed by atoms with Gasteiger partial charge in [0.05, 0.1) is 12.8 Å². The maximum absolute atomic E-state index is 12.7. The van der Waals surface area contributed by atoms with Gasteiger partial charge in [-0.1, -0.05) is 23.9 Å². The molecule has 7 heteroatoms. The summed E-state index contributed by atoms with van der Waals surface area (Å²) in [6, 6.07) is 8.04. The number of ether oxygens (including phenoxy) is 1. The third kappa shape index (κ3) is 4.58. The van der Waals surface area contributed by atoms with Crippen LogP contribution in [-0.2, 0) is 11.2 Å². The largest absolute Gasteiger partial charge is 0.495 e. The minimum absolute atomic E-state index is 0.201. The van der Waals surface area contributed by atoms with Gasteiger partial charge < -0.3 is 14.5 Å². The topological polar surface area (TPSA) is 58.6 Å². The molecule has 1 fully saturated rings. The Balaban J connectivity index is 1.56. The predicted octanol–water partition coefficient (Wildman–Crippen LogP) is 3.11. The van der Waals surface area contributed by atoms with Crippen molar-refractivity contribution in [2.24, 2.45) is 0 Å². The van der Waals surface area contributed by atoms with E-state index in [4.69, 9.17) is 4.74 Å². The number of para-hydroxylation sites is 2. The molecule has 0 spiro atoms. The van der Waals surface area contributed by atoms with E-state index in [1.807, 2.05) is 43.2 Å². The lowest BCUT2D eigenvalue weighted by Crippen LogP contribution is -2.49. The number of piperazine rings is 1. The van der Waals surface area contributed by atoms with Gasteiger partial charge in [-0.25, -0.2) is 9.97 Å². The Labute approximate surface area is 171 Å². The van der Waals surface area contributed by atoms with E-state index in [9.17, 15) is 4.79 Å². The normalized spacial score (nSPS) is 14.3. The molecule has 1 aromatic carbocycles. The van der Waals surface area contributed by atoms with Gasteiger partial charge in [0.2, 0.25) is 5.91 Å². The summed E-state index contributed by atoms with van der Waals surface area (Å²) in [5.74, 6) is 1.08. The summed E-state index contributed by atoms with van der Waals surface area (Å²) >= 11 is 1.54. The Morgan fingerprint density at radius 3 is 2.36 bits per heavy atom. The predicted molar refractivity (Wildman–Crippen MR) is 113 cm³/mol. The van der Waals surface area contributed by atoms with Crippen LogP contribution in [0, 0.1) is 13.8 Å². The van der Waals surface area contributed by atoms with Crippen molar-refractivity contribution in [1.29, 1.82) is 0 Å². The van der Waals surface area contributed by atoms with Crippen LogP contribution >= 0.6 is 11.8 Å². The Kier molecular flexibility index (Phi) is 6.78. The molecule has 2 aromatic rings. The van der Waals surface area contributed by atoms with Crippen LogP contribution in [0.5, 0.6) is 5.75 Å². The number of rotatable bonds is 6. The molecule has 2 heterocycles. The quantitative estimate of drug-likeness (QED) is 0.549. The number of anilines is 1. The van der Waals surface area contributed by atoms with E-state index in [2.05, 4.69) is 20.9 Å². The van der Waals surface area contributed by atoms with E-state index in [0.717, 1.165) is 59.7 Å². The average Bonchev–Trinajstić information content (AvgIpc) is 2.72. The maximum atomic E-state index is 12.7. The lowest BCUT2D eigenvalue weighted by atomic mass is 10.1. The number of aryl methyl sites for hydroxylation is 2. The molecule has 28 heavy (non-hydrogen) atoms. The first-order chi connectivity index (χ1) is 13.5. The Bertz CT molecular complexity index is 812. The van der Waals surface area contributed by atoms with Crippen LogP contribution in [-0.4, -0.2) is 60.3 Å². The number of thioether (sulfide) groups is 1. The molecule has 1 aliphatic rings. The van der Waals surface area contributed by atoms with Crippen LogP contribution < -0.4 is 9.64 Å². The standard InChI is InChI=1S/C21H28N4O2S/c1-15-17(16(2)23-21(22-15)28-4)9-10-20(26)25-13-11-24(12-14-25)18-7-5-6-8-19(18)27-3/h5-8H,9-14H2,1-4H3. The van der Waals surface area contributed by atoms with Crippen molar-refractivity contribution in [2.75, 3.05) is 44.4 Å². The third-order valence-corrected chi connectivity index (χ3v) is 5.78. The van der Waals surface area contributed by atoms with E-state index in [0.29, 0.717) is 12.8 Å². The second-order valence-electron chi connectivity index (χ2n) is 6.90. The van der Waals surface area contributed by atoms with Crippen LogP contribution in [0.1, 0.15) is 23.4 Å². The van der Waals surface area contributed by atoms with Crippen molar-refractivity contribution in [1.82, 2.24) is 14.9 Å². The fraction of sp³-hybridized carbons (Fsp3) is 0.476. The second-order valence-corrected chi connectivity index (χ2v) is 7.67. The number of hydrogen-bond acceptors (Lipinski definition) is 6. The molecular weight excluding hydrogens is 372 g/mol. The smallest absolute Gasteiger partial charge is 0.223 e. The van der Waals surface area contributed by atoms with E-state index in [-0.39, 0.29) is 5.91 Å². The number of nitrogens with zero attached hydrogens (tertiary/aromatic N) is 4. The number of benzene rings is 1. The van der Waals surface area contributed by atoms with Gasteiger partial charge in [0, 0.05) is 44.0 Å². The van der Waals surface area contributed by atoms with Crippen LogP contribution in [0.4, 0.5) is 5.69 Å². The molecule has 0 N–H and O–H groups in total. The van der Waals surface area contributed by atoms with Gasteiger partial charge in [0.15, 0.2) is 5.16 Å². The van der Waals surface area contributed by atoms with Gasteiger partial charge in [-0.2, -0.15) is 0 Å². The molecular formula is C21H28N4O2S. The minimum Gasteiger partial charge on any atom is -0.495 e. The van der Waals surface area contributed by atoms with Gasteiger partial charge in [-0.05, 0) is 44.2 Å². The highest BCUT2D eigenvalue weighted by molar-refractivity contribution is 7.98. The zero-order valence-electron chi connectivity index (χ0n) is 17.1. The fourth-order valence-corrected chi connectivity index (χ4v) is 4.10. The molecule has 3 rings (SSSR count). The Morgan fingerprint density at radius 1 is 1.11 bits per heavy atom. The number of methoxy groups -OCH3 is 1. The van der Waals surface area contributed by atoms with E-state index >= 15 is 0 Å². The van der Waals surface area contributed by atoms with Gasteiger partial charge in [0.25, 0.3) is 0 Å². The number of amides is 1. The summed E-state index contributed by atoms with van der Waals surface area (Å²) < 4.78 is 5.46. The summed E-state index contributed by atoms with van der Waals surface area (Å²) in [4.78, 5) is 26.0. The van der Waals surface area contributed by atoms with Gasteiger partial charge >= 0.3 is 0 Å². The number of hydrogen-bond donors (Lipinski definition) is 0. The molecule has 0 saturated carbocycles. The first-order valence-corrected chi connectivity index (χ1v) is 10.8. The van der Waals surface area contributed by atoms with Gasteiger partial charge in [-0.15, -0.1) is 0 Å². The molecule has 150 valence electrons. The minimum atomic E-state index is 0.201. The molecule has 0 aliphatic carbocycles. The van der Waals surface area contributed by atoms with Gasteiger partial charge in [0.1, 0.15) is 5.75 Å². The second kappa shape index (κ2) is 9.28. The van der Waals surface area contributed by atoms with Gasteiger partial charge in [-0.3, -0.25) is 4.79 Å². The lowest BCUT2D eigenvalue weighted by molar-refractivity contribution is -0.131. The molecule has 0 unspecified atom stereocenters. The monoisotopic (exact) mass is 400 g/mol. The Morgan fingerprint density at radius 2 is 1.75 bits per heavy atom. The van der Waals surface area contributed by atoms with E-state index in [1.54, 1.807) is 18.9 Å². The summed E-state index contributed by atoms with van der Waals surface area (Å²) in [5, 5.41) is 0.789. The van der Waals surface area contributed by atoms with Crippen molar-refractivity contribution >= 4 is 23.4 Å². The highest BCUT2D eigenvalue weighted by atomic mass is 32.2. The van der Waals surface area contributed by atoms with Crippen LogP contribution in [0.15, 0.2) is 29.4 Å². The molecule has 1 amide bonds. The SMILES string of the molecule is COc1ccccc1N1CCN(C(=O)CCc2c(C)nc(SC)nc2C)CC1. The highest BCUT2D eigenvalue weighted by Gasteiger charge is 2.23. The first kappa shape index (κ1) is 20.5. The van der Waals surface area contributed by atoms with Crippen molar-refractivity contribution < 1.29 is 9.53 Å². The summed E-state index contributed by atoms with van der Waals surface area (Å²) in [6.45, 7) is 7.10. The van der Waals surface area contributed by atoms with Crippen LogP contribution in [0.25, 0.3) is 0 Å². The zero-order valence-corrected chi connectivity index (χ0v) is 17.9. The summed E-state index contributed by atoms with van der Waals surface area (Å²) in [5.41, 5.74) is 4.14. The average molecular weight is 401 g/mol. The summed E-state index contributed by atoms with van der Waals surface area (Å²) in [6.07, 6.45) is 3.16. The third-order valence-electron chi connectivity index (χ3n) is 5.23. The van der Waals surface area contributed by atoms with Crippen LogP contribution in [0.3, 0.4) is 0 Å². The molecule has 0 bridgehead atoms. The molecule has 1 aliphatic heterocycles. The molecule has 6 nitrogen and oxygen atoms in total. The summed E-state index contributed by atoms with van der Waals surface area (Å²) in [7, 11) is 1.69. The molecule has 0 atom stereocenters. The number of carbonyl (C=O) groups is 1. The Hall–Kier alpha value is -2.28. The lowest BCUT2D eigenvalue weighted by Gasteiger charge is -2.36. The van der Waals surface area contributed by atoms with Crippen LogP contribution in [0.2, 0.25) is 0 Å². The van der Waals surface area contributed by atoms with Crippen molar-refractivity contribution in [3.05, 3.63) is 41.2 Å². The first-order valence-electron chi connectivity index (χ1n) is 9.57. The molecule has 1 aromatic heterocycles. The number of carbonyl (C=O) groups excluding carboxylic acids is 1. The zero-order chi connectivity index (χ0) is 20.1. The van der Waals surface area contributed by atoms with Crippen molar-refractivity contribution in [2.45, 2.75) is 31.8 Å². The van der Waals surface area contributed by atoms with E-state index < -0.39 is 0 Å². The maximum Gasteiger partial charge on any atom is 0.223 e. The molecule has 1 saturated heterocycles. The van der Waals surface area contributed by atoms with E-state index in [1.165, 1.54) is 0 Å². The molecule has 0 radical (unpaired) electrons.